The van der Waals surface area contributed by atoms with E-state index in [1.807, 2.05) is 22.6 Å². The number of primary amides is 1. The van der Waals surface area contributed by atoms with Crippen LogP contribution in [0.3, 0.4) is 0 Å². The van der Waals surface area contributed by atoms with Gasteiger partial charge in [-0.1, -0.05) is 6.07 Å². The van der Waals surface area contributed by atoms with Crippen molar-refractivity contribution in [1.29, 1.82) is 0 Å². The van der Waals surface area contributed by atoms with Crippen LogP contribution in [0.25, 0.3) is 27.8 Å². The third-order valence-corrected chi connectivity index (χ3v) is 3.77. The fourth-order valence-electron chi connectivity index (χ4n) is 2.74. The van der Waals surface area contributed by atoms with Crippen LogP contribution < -0.4 is 11.5 Å². The Morgan fingerprint density at radius 2 is 2.00 bits per heavy atom. The zero-order valence-electron chi connectivity index (χ0n) is 12.0. The van der Waals surface area contributed by atoms with Gasteiger partial charge in [0, 0.05) is 12.4 Å². The van der Waals surface area contributed by atoms with Gasteiger partial charge in [-0.3, -0.25) is 19.2 Å². The molecule has 0 aliphatic carbocycles. The van der Waals surface area contributed by atoms with Gasteiger partial charge in [-0.15, -0.1) is 0 Å². The maximum atomic E-state index is 11.7. The van der Waals surface area contributed by atoms with E-state index in [9.17, 15) is 4.79 Å². The third-order valence-electron chi connectivity index (χ3n) is 3.77. The highest BCUT2D eigenvalue weighted by molar-refractivity contribution is 6.09. The molecule has 0 saturated heterocycles. The van der Waals surface area contributed by atoms with Crippen LogP contribution in [-0.4, -0.2) is 25.3 Å². The molecule has 0 bridgehead atoms. The summed E-state index contributed by atoms with van der Waals surface area (Å²) in [6, 6.07) is 7.28. The first-order chi connectivity index (χ1) is 11.2. The summed E-state index contributed by atoms with van der Waals surface area (Å²) in [6.45, 7) is 0. The van der Waals surface area contributed by atoms with E-state index >= 15 is 0 Å². The van der Waals surface area contributed by atoms with E-state index < -0.39 is 5.91 Å². The number of aromatic nitrogens is 4. The number of benzene rings is 1. The quantitative estimate of drug-likeness (QED) is 0.546. The highest BCUT2D eigenvalue weighted by atomic mass is 16.1. The SMILES string of the molecule is NC(=O)c1cc2nccnc2c(-c2cccc3cncn23)c1N. The molecule has 7 nitrogen and oxygen atoms in total. The molecule has 112 valence electrons. The highest BCUT2D eigenvalue weighted by Gasteiger charge is 2.19. The van der Waals surface area contributed by atoms with E-state index in [1.54, 1.807) is 31.0 Å². The molecule has 4 aromatic rings. The third kappa shape index (κ3) is 1.90. The molecule has 3 heterocycles. The van der Waals surface area contributed by atoms with Crippen LogP contribution in [0, 0.1) is 0 Å². The summed E-state index contributed by atoms with van der Waals surface area (Å²) in [6.07, 6.45) is 6.57. The molecule has 4 rings (SSSR count). The molecule has 23 heavy (non-hydrogen) atoms. The molecule has 3 aromatic heterocycles. The van der Waals surface area contributed by atoms with E-state index in [0.29, 0.717) is 16.6 Å². The molecule has 0 radical (unpaired) electrons. The van der Waals surface area contributed by atoms with E-state index in [1.165, 1.54) is 0 Å². The van der Waals surface area contributed by atoms with Gasteiger partial charge >= 0.3 is 0 Å². The predicted octanol–water partition coefficient (Wildman–Crippen LogP) is 1.63. The van der Waals surface area contributed by atoms with Crippen LogP contribution in [-0.2, 0) is 0 Å². The van der Waals surface area contributed by atoms with Crippen LogP contribution in [0.5, 0.6) is 0 Å². The zero-order valence-corrected chi connectivity index (χ0v) is 12.0. The van der Waals surface area contributed by atoms with Gasteiger partial charge < -0.3 is 11.5 Å². The van der Waals surface area contributed by atoms with Crippen LogP contribution in [0.4, 0.5) is 5.69 Å². The Hall–Kier alpha value is -3.48. The van der Waals surface area contributed by atoms with Gasteiger partial charge in [-0.05, 0) is 18.2 Å². The summed E-state index contributed by atoms with van der Waals surface area (Å²) in [7, 11) is 0. The monoisotopic (exact) mass is 304 g/mol. The number of pyridine rings is 1. The fourth-order valence-corrected chi connectivity index (χ4v) is 2.74. The lowest BCUT2D eigenvalue weighted by Crippen LogP contribution is -2.15. The molecule has 1 aromatic carbocycles. The average Bonchev–Trinajstić information content (AvgIpc) is 3.03. The summed E-state index contributed by atoms with van der Waals surface area (Å²) in [5.41, 5.74) is 15.7. The first-order valence-corrected chi connectivity index (χ1v) is 6.91. The van der Waals surface area contributed by atoms with Crippen LogP contribution in [0.1, 0.15) is 10.4 Å². The molecule has 0 saturated carbocycles. The molecule has 4 N–H and O–H groups in total. The van der Waals surface area contributed by atoms with Crippen molar-refractivity contribution < 1.29 is 4.79 Å². The number of amides is 1. The first kappa shape index (κ1) is 13.2. The Balaban J connectivity index is 2.20. The number of nitrogen functional groups attached to an aromatic ring is 1. The van der Waals surface area contributed by atoms with Crippen molar-refractivity contribution >= 4 is 28.1 Å². The summed E-state index contributed by atoms with van der Waals surface area (Å²) in [5.74, 6) is -0.603. The molecule has 0 aliphatic rings. The Kier molecular flexibility index (Phi) is 2.74. The number of hydrogen-bond acceptors (Lipinski definition) is 5. The standard InChI is InChI=1S/C16H12N6O/c17-14-10(16(18)23)6-11-15(21-5-4-20-11)13(14)12-3-1-2-9-7-19-8-22(9)12/h1-8H,17H2,(H2,18,23). The summed E-state index contributed by atoms with van der Waals surface area (Å²) < 4.78 is 1.88. The number of hydrogen-bond donors (Lipinski definition) is 2. The second kappa shape index (κ2) is 4.77. The van der Waals surface area contributed by atoms with Crippen molar-refractivity contribution in [3.8, 4) is 11.3 Å². The van der Waals surface area contributed by atoms with Crippen molar-refractivity contribution in [2.45, 2.75) is 0 Å². The minimum atomic E-state index is -0.603. The number of anilines is 1. The lowest BCUT2D eigenvalue weighted by molar-refractivity contribution is 0.100. The average molecular weight is 304 g/mol. The maximum absolute atomic E-state index is 11.7. The Morgan fingerprint density at radius 1 is 1.17 bits per heavy atom. The van der Waals surface area contributed by atoms with E-state index in [2.05, 4.69) is 15.0 Å². The Labute approximate surface area is 130 Å². The molecule has 0 unspecified atom stereocenters. The molecule has 0 atom stereocenters. The number of nitrogens with zero attached hydrogens (tertiary/aromatic N) is 4. The predicted molar refractivity (Wildman–Crippen MR) is 86.7 cm³/mol. The van der Waals surface area contributed by atoms with Gasteiger partial charge in [0.1, 0.15) is 5.52 Å². The molecule has 0 aliphatic heterocycles. The van der Waals surface area contributed by atoms with E-state index in [4.69, 9.17) is 11.5 Å². The van der Waals surface area contributed by atoms with Gasteiger partial charge in [-0.2, -0.15) is 0 Å². The van der Waals surface area contributed by atoms with Gasteiger partial charge in [-0.25, -0.2) is 4.98 Å². The molecule has 1 amide bonds. The Bertz CT molecular complexity index is 1070. The van der Waals surface area contributed by atoms with Gasteiger partial charge in [0.05, 0.1) is 46.1 Å². The Morgan fingerprint density at radius 3 is 2.83 bits per heavy atom. The number of imidazole rings is 1. The van der Waals surface area contributed by atoms with Crippen molar-refractivity contribution in [2.24, 2.45) is 5.73 Å². The molecular weight excluding hydrogens is 292 g/mol. The van der Waals surface area contributed by atoms with Crippen molar-refractivity contribution in [3.63, 3.8) is 0 Å². The fraction of sp³-hybridized carbons (Fsp3) is 0. The summed E-state index contributed by atoms with van der Waals surface area (Å²) in [5, 5.41) is 0. The first-order valence-electron chi connectivity index (χ1n) is 6.91. The number of carbonyl (C=O) groups is 1. The van der Waals surface area contributed by atoms with Crippen molar-refractivity contribution in [2.75, 3.05) is 5.73 Å². The highest BCUT2D eigenvalue weighted by Crippen LogP contribution is 2.34. The topological polar surface area (TPSA) is 112 Å². The molecule has 7 heteroatoms. The summed E-state index contributed by atoms with van der Waals surface area (Å²) in [4.78, 5) is 24.5. The molecule has 0 fully saturated rings. The smallest absolute Gasteiger partial charge is 0.250 e. The minimum Gasteiger partial charge on any atom is -0.397 e. The maximum Gasteiger partial charge on any atom is 0.250 e. The largest absolute Gasteiger partial charge is 0.397 e. The zero-order chi connectivity index (χ0) is 16.0. The second-order valence-corrected chi connectivity index (χ2v) is 5.10. The minimum absolute atomic E-state index is 0.227. The lowest BCUT2D eigenvalue weighted by Gasteiger charge is -2.13. The number of fused-ring (bicyclic) bond motifs is 2. The van der Waals surface area contributed by atoms with Crippen LogP contribution in [0.15, 0.2) is 49.2 Å². The van der Waals surface area contributed by atoms with Gasteiger partial charge in [0.2, 0.25) is 0 Å². The van der Waals surface area contributed by atoms with Crippen molar-refractivity contribution in [1.82, 2.24) is 19.4 Å². The van der Waals surface area contributed by atoms with Gasteiger partial charge in [0.15, 0.2) is 0 Å². The molecular formula is C16H12N6O. The van der Waals surface area contributed by atoms with E-state index in [0.717, 1.165) is 11.2 Å². The summed E-state index contributed by atoms with van der Waals surface area (Å²) >= 11 is 0. The van der Waals surface area contributed by atoms with Crippen LogP contribution >= 0.6 is 0 Å². The van der Waals surface area contributed by atoms with Gasteiger partial charge in [0.25, 0.3) is 5.91 Å². The second-order valence-electron chi connectivity index (χ2n) is 5.10. The lowest BCUT2D eigenvalue weighted by atomic mass is 10.0. The van der Waals surface area contributed by atoms with Crippen molar-refractivity contribution in [3.05, 3.63) is 54.7 Å². The number of rotatable bonds is 2. The van der Waals surface area contributed by atoms with Crippen LogP contribution in [0.2, 0.25) is 0 Å². The normalized spacial score (nSPS) is 11.1. The molecule has 0 spiro atoms. The number of nitrogens with two attached hydrogens (primary N) is 2. The number of carbonyl (C=O) groups excluding carboxylic acids is 1. The van der Waals surface area contributed by atoms with E-state index in [-0.39, 0.29) is 11.3 Å².